The van der Waals surface area contributed by atoms with Crippen molar-refractivity contribution in [1.29, 1.82) is 0 Å². The molecule has 0 atom stereocenters. The van der Waals surface area contributed by atoms with Crippen LogP contribution in [0.3, 0.4) is 0 Å². The molecular weight excluding hydrogens is 224 g/mol. The van der Waals surface area contributed by atoms with Gasteiger partial charge in [0.2, 0.25) is 0 Å². The molecule has 0 saturated carbocycles. The van der Waals surface area contributed by atoms with E-state index in [1.165, 1.54) is 0 Å². The summed E-state index contributed by atoms with van der Waals surface area (Å²) in [4.78, 5) is 12.1. The first kappa shape index (κ1) is 14.7. The lowest BCUT2D eigenvalue weighted by molar-refractivity contribution is 0.0958. The highest BCUT2D eigenvalue weighted by molar-refractivity contribution is 5.96. The zero-order valence-electron chi connectivity index (χ0n) is 11.7. The Bertz CT molecular complexity index is 367. The molecule has 2 nitrogen and oxygen atoms in total. The van der Waals surface area contributed by atoms with E-state index in [1.807, 2.05) is 24.3 Å². The minimum Gasteiger partial charge on any atom is -0.494 e. The minimum atomic E-state index is 0.227. The van der Waals surface area contributed by atoms with E-state index < -0.39 is 0 Å². The fourth-order valence-electron chi connectivity index (χ4n) is 1.94. The van der Waals surface area contributed by atoms with Gasteiger partial charge >= 0.3 is 0 Å². The summed E-state index contributed by atoms with van der Waals surface area (Å²) in [7, 11) is 0. The van der Waals surface area contributed by atoms with Gasteiger partial charge in [-0.3, -0.25) is 4.79 Å². The quantitative estimate of drug-likeness (QED) is 0.634. The first-order valence-corrected chi connectivity index (χ1v) is 6.97. The average molecular weight is 248 g/mol. The average Bonchev–Trinajstić information content (AvgIpc) is 2.42. The molecule has 0 fully saturated rings. The number of carbonyl (C=O) groups excluding carboxylic acids is 1. The number of ether oxygens (including phenoxy) is 1. The van der Waals surface area contributed by atoms with Crippen LogP contribution in [0.2, 0.25) is 0 Å². The monoisotopic (exact) mass is 248 g/mol. The molecule has 0 aromatic heterocycles. The van der Waals surface area contributed by atoms with Gasteiger partial charge in [0.25, 0.3) is 0 Å². The van der Waals surface area contributed by atoms with Crippen LogP contribution in [0.25, 0.3) is 0 Å². The van der Waals surface area contributed by atoms with E-state index in [1.54, 1.807) is 0 Å². The van der Waals surface area contributed by atoms with E-state index in [4.69, 9.17) is 4.74 Å². The molecule has 1 aromatic carbocycles. The van der Waals surface area contributed by atoms with Crippen LogP contribution in [0.5, 0.6) is 5.75 Å². The molecule has 0 spiro atoms. The maximum atomic E-state index is 12.1. The van der Waals surface area contributed by atoms with Crippen LogP contribution in [0.1, 0.15) is 56.8 Å². The Hall–Kier alpha value is -1.31. The molecule has 1 rings (SSSR count). The standard InChI is InChI=1S/C16H24O2/c1-4-10-18-15-9-7-8-14(12-15)16(17)11-13(5-2)6-3/h7-9,12-13H,4-6,10-11H2,1-3H3. The number of Topliss-reactive ketones (excluding diaryl/α,β-unsaturated/α-hetero) is 1. The molecule has 0 aliphatic rings. The lowest BCUT2D eigenvalue weighted by Crippen LogP contribution is -2.07. The molecule has 100 valence electrons. The second kappa shape index (κ2) is 7.91. The highest BCUT2D eigenvalue weighted by Crippen LogP contribution is 2.19. The Labute approximate surface area is 110 Å². The second-order valence-electron chi connectivity index (χ2n) is 4.69. The van der Waals surface area contributed by atoms with Gasteiger partial charge in [0.05, 0.1) is 6.61 Å². The van der Waals surface area contributed by atoms with Gasteiger partial charge in [-0.1, -0.05) is 45.7 Å². The smallest absolute Gasteiger partial charge is 0.163 e. The van der Waals surface area contributed by atoms with Crippen molar-refractivity contribution in [2.75, 3.05) is 6.61 Å². The Morgan fingerprint density at radius 3 is 2.56 bits per heavy atom. The summed E-state index contributed by atoms with van der Waals surface area (Å²) in [5.41, 5.74) is 0.774. The highest BCUT2D eigenvalue weighted by atomic mass is 16.5. The summed E-state index contributed by atoms with van der Waals surface area (Å²) >= 11 is 0. The number of hydrogen-bond donors (Lipinski definition) is 0. The van der Waals surface area contributed by atoms with Crippen molar-refractivity contribution in [2.24, 2.45) is 5.92 Å². The summed E-state index contributed by atoms with van der Waals surface area (Å²) in [5.74, 6) is 1.52. The lowest BCUT2D eigenvalue weighted by Gasteiger charge is -2.11. The highest BCUT2D eigenvalue weighted by Gasteiger charge is 2.12. The Kier molecular flexibility index (Phi) is 6.48. The van der Waals surface area contributed by atoms with E-state index >= 15 is 0 Å². The number of benzene rings is 1. The van der Waals surface area contributed by atoms with Crippen molar-refractivity contribution >= 4 is 5.78 Å². The zero-order valence-corrected chi connectivity index (χ0v) is 11.7. The van der Waals surface area contributed by atoms with Crippen LogP contribution in [0, 0.1) is 5.92 Å². The number of hydrogen-bond acceptors (Lipinski definition) is 2. The summed E-state index contributed by atoms with van der Waals surface area (Å²) < 4.78 is 5.55. The predicted molar refractivity (Wildman–Crippen MR) is 75.2 cm³/mol. The van der Waals surface area contributed by atoms with Gasteiger partial charge in [-0.2, -0.15) is 0 Å². The third-order valence-corrected chi connectivity index (χ3v) is 3.26. The van der Waals surface area contributed by atoms with Gasteiger partial charge in [0.1, 0.15) is 5.75 Å². The van der Waals surface area contributed by atoms with Crippen molar-refractivity contribution in [1.82, 2.24) is 0 Å². The van der Waals surface area contributed by atoms with Crippen LogP contribution in [-0.4, -0.2) is 12.4 Å². The molecule has 2 heteroatoms. The van der Waals surface area contributed by atoms with Gasteiger partial charge in [-0.15, -0.1) is 0 Å². The third kappa shape index (κ3) is 4.52. The fourth-order valence-corrected chi connectivity index (χ4v) is 1.94. The van der Waals surface area contributed by atoms with E-state index in [-0.39, 0.29) is 5.78 Å². The molecule has 0 aliphatic carbocycles. The summed E-state index contributed by atoms with van der Waals surface area (Å²) in [6.07, 6.45) is 3.75. The van der Waals surface area contributed by atoms with Crippen molar-refractivity contribution in [3.05, 3.63) is 29.8 Å². The first-order chi connectivity index (χ1) is 8.71. The van der Waals surface area contributed by atoms with Gasteiger partial charge in [0, 0.05) is 12.0 Å². The molecular formula is C16H24O2. The van der Waals surface area contributed by atoms with Gasteiger partial charge in [-0.05, 0) is 24.5 Å². The predicted octanol–water partition coefficient (Wildman–Crippen LogP) is 4.48. The maximum Gasteiger partial charge on any atom is 0.163 e. The van der Waals surface area contributed by atoms with Gasteiger partial charge in [-0.25, -0.2) is 0 Å². The van der Waals surface area contributed by atoms with E-state index in [0.29, 0.717) is 18.9 Å². The van der Waals surface area contributed by atoms with Crippen LogP contribution in [0.4, 0.5) is 0 Å². The van der Waals surface area contributed by atoms with Crippen LogP contribution < -0.4 is 4.74 Å². The number of rotatable bonds is 8. The molecule has 18 heavy (non-hydrogen) atoms. The molecule has 0 unspecified atom stereocenters. The Balaban J connectivity index is 2.67. The lowest BCUT2D eigenvalue weighted by atomic mass is 9.94. The molecule has 0 saturated heterocycles. The van der Waals surface area contributed by atoms with Crippen molar-refractivity contribution in [3.8, 4) is 5.75 Å². The second-order valence-corrected chi connectivity index (χ2v) is 4.69. The zero-order chi connectivity index (χ0) is 13.4. The minimum absolute atomic E-state index is 0.227. The first-order valence-electron chi connectivity index (χ1n) is 6.97. The van der Waals surface area contributed by atoms with Crippen LogP contribution >= 0.6 is 0 Å². The largest absolute Gasteiger partial charge is 0.494 e. The fraction of sp³-hybridized carbons (Fsp3) is 0.562. The van der Waals surface area contributed by atoms with Crippen LogP contribution in [-0.2, 0) is 0 Å². The number of carbonyl (C=O) groups is 1. The molecule has 0 amide bonds. The summed E-state index contributed by atoms with van der Waals surface area (Å²) in [6.45, 7) is 7.05. The summed E-state index contributed by atoms with van der Waals surface area (Å²) in [6, 6.07) is 7.54. The molecule has 0 N–H and O–H groups in total. The van der Waals surface area contributed by atoms with Crippen LogP contribution in [0.15, 0.2) is 24.3 Å². The topological polar surface area (TPSA) is 26.3 Å². The Morgan fingerprint density at radius 1 is 1.22 bits per heavy atom. The van der Waals surface area contributed by atoms with Crippen molar-refractivity contribution < 1.29 is 9.53 Å². The summed E-state index contributed by atoms with van der Waals surface area (Å²) in [5, 5.41) is 0. The van der Waals surface area contributed by atoms with E-state index in [9.17, 15) is 4.79 Å². The van der Waals surface area contributed by atoms with E-state index in [2.05, 4.69) is 20.8 Å². The normalized spacial score (nSPS) is 10.7. The van der Waals surface area contributed by atoms with E-state index in [0.717, 1.165) is 30.6 Å². The van der Waals surface area contributed by atoms with Gasteiger partial charge < -0.3 is 4.74 Å². The molecule has 0 heterocycles. The van der Waals surface area contributed by atoms with Gasteiger partial charge in [0.15, 0.2) is 5.78 Å². The maximum absolute atomic E-state index is 12.1. The van der Waals surface area contributed by atoms with Crippen molar-refractivity contribution in [2.45, 2.75) is 46.5 Å². The number of ketones is 1. The third-order valence-electron chi connectivity index (χ3n) is 3.26. The molecule has 1 aromatic rings. The van der Waals surface area contributed by atoms with Crippen molar-refractivity contribution in [3.63, 3.8) is 0 Å². The SMILES string of the molecule is CCCOc1cccc(C(=O)CC(CC)CC)c1. The molecule has 0 aliphatic heterocycles. The molecule has 0 radical (unpaired) electrons. The molecule has 0 bridgehead atoms. The Morgan fingerprint density at radius 2 is 1.94 bits per heavy atom.